The molecule has 0 spiro atoms. The number of aromatic nitrogens is 3. The maximum absolute atomic E-state index is 4.86. The Bertz CT molecular complexity index is 818. The van der Waals surface area contributed by atoms with Crippen molar-refractivity contribution in [3.8, 4) is 22.5 Å². The van der Waals surface area contributed by atoms with Crippen molar-refractivity contribution >= 4 is 0 Å². The molecule has 0 unspecified atom stereocenters. The van der Waals surface area contributed by atoms with E-state index in [9.17, 15) is 0 Å². The second-order valence-electron chi connectivity index (χ2n) is 5.51. The van der Waals surface area contributed by atoms with E-state index < -0.39 is 0 Å². The van der Waals surface area contributed by atoms with Gasteiger partial charge in [-0.05, 0) is 12.1 Å². The van der Waals surface area contributed by atoms with Crippen LogP contribution in [0.2, 0.25) is 0 Å². The molecule has 3 nitrogen and oxygen atoms in total. The summed E-state index contributed by atoms with van der Waals surface area (Å²) >= 11 is 0. The molecule has 112 valence electrons. The highest BCUT2D eigenvalue weighted by Crippen LogP contribution is 2.30. The van der Waals surface area contributed by atoms with E-state index in [0.29, 0.717) is 0 Å². The Balaban J connectivity index is 1.81. The Labute approximate surface area is 135 Å². The van der Waals surface area contributed by atoms with Crippen LogP contribution in [0.25, 0.3) is 22.5 Å². The molecule has 3 heteroatoms. The summed E-state index contributed by atoms with van der Waals surface area (Å²) in [5, 5.41) is 0. The zero-order chi connectivity index (χ0) is 15.5. The largest absolute Gasteiger partial charge is 0.365 e. The molecule has 0 amide bonds. The van der Waals surface area contributed by atoms with Crippen LogP contribution in [0.4, 0.5) is 0 Å². The summed E-state index contributed by atoms with van der Waals surface area (Å²) in [5.74, 6) is 0.963. The Morgan fingerprint density at radius 2 is 1.43 bits per heavy atom. The second-order valence-corrected chi connectivity index (χ2v) is 5.51. The van der Waals surface area contributed by atoms with Gasteiger partial charge in [0.05, 0.1) is 11.4 Å². The number of hydrogen-bond donors (Lipinski definition) is 2. The number of benzene rings is 2. The quantitative estimate of drug-likeness (QED) is 0.565. The molecule has 0 aliphatic rings. The van der Waals surface area contributed by atoms with Gasteiger partial charge in [0.15, 0.2) is 0 Å². The van der Waals surface area contributed by atoms with E-state index in [2.05, 4.69) is 52.4 Å². The molecule has 2 aromatic carbocycles. The average molecular weight is 299 g/mol. The number of imidazole rings is 1. The van der Waals surface area contributed by atoms with Gasteiger partial charge >= 0.3 is 0 Å². The molecule has 0 saturated carbocycles. The molecule has 0 aliphatic carbocycles. The molecule has 4 rings (SSSR count). The lowest BCUT2D eigenvalue weighted by atomic mass is 10.1. The fraction of sp³-hybridized carbons (Fsp3) is 0.0500. The van der Waals surface area contributed by atoms with Crippen molar-refractivity contribution in [1.29, 1.82) is 0 Å². The number of nitrogens with one attached hydrogen (secondary N) is 2. The van der Waals surface area contributed by atoms with Gasteiger partial charge in [-0.2, -0.15) is 0 Å². The molecule has 23 heavy (non-hydrogen) atoms. The Hall–Kier alpha value is -3.07. The molecule has 2 heterocycles. The molecular formula is C20H17N3. The lowest BCUT2D eigenvalue weighted by Gasteiger charge is -2.02. The predicted octanol–water partition coefficient (Wildman–Crippen LogP) is 4.66. The third kappa shape index (κ3) is 2.81. The van der Waals surface area contributed by atoms with E-state index in [1.165, 1.54) is 0 Å². The molecule has 0 radical (unpaired) electrons. The number of hydrogen-bond acceptors (Lipinski definition) is 1. The number of nitrogens with zero attached hydrogens (tertiary/aromatic N) is 1. The van der Waals surface area contributed by atoms with Crippen molar-refractivity contribution in [2.24, 2.45) is 0 Å². The maximum atomic E-state index is 4.86. The fourth-order valence-electron chi connectivity index (χ4n) is 2.78. The van der Waals surface area contributed by atoms with E-state index >= 15 is 0 Å². The van der Waals surface area contributed by atoms with Crippen LogP contribution in [0.1, 0.15) is 11.5 Å². The third-order valence-corrected chi connectivity index (χ3v) is 3.88. The van der Waals surface area contributed by atoms with Crippen LogP contribution < -0.4 is 0 Å². The van der Waals surface area contributed by atoms with E-state index in [-0.39, 0.29) is 0 Å². The van der Waals surface area contributed by atoms with E-state index in [4.69, 9.17) is 4.98 Å². The number of rotatable bonds is 4. The van der Waals surface area contributed by atoms with Gasteiger partial charge in [-0.25, -0.2) is 4.98 Å². The van der Waals surface area contributed by atoms with Crippen molar-refractivity contribution in [1.82, 2.24) is 15.0 Å². The van der Waals surface area contributed by atoms with Crippen molar-refractivity contribution < 1.29 is 0 Å². The Morgan fingerprint density at radius 3 is 2.09 bits per heavy atom. The first kappa shape index (κ1) is 13.6. The van der Waals surface area contributed by atoms with Crippen molar-refractivity contribution in [3.63, 3.8) is 0 Å². The summed E-state index contributed by atoms with van der Waals surface area (Å²) in [5.41, 5.74) is 5.49. The summed E-state index contributed by atoms with van der Waals surface area (Å²) in [4.78, 5) is 11.6. The minimum absolute atomic E-state index is 0.764. The summed E-state index contributed by atoms with van der Waals surface area (Å²) in [6.07, 6.45) is 2.70. The molecule has 0 saturated heterocycles. The van der Waals surface area contributed by atoms with Gasteiger partial charge in [-0.1, -0.05) is 60.7 Å². The van der Waals surface area contributed by atoms with Crippen molar-refractivity contribution in [2.75, 3.05) is 0 Å². The summed E-state index contributed by atoms with van der Waals surface area (Å²) in [7, 11) is 0. The Kier molecular flexibility index (Phi) is 3.53. The highest BCUT2D eigenvalue weighted by Gasteiger charge is 2.14. The van der Waals surface area contributed by atoms with Crippen LogP contribution in [-0.2, 0) is 6.42 Å². The first-order valence-electron chi connectivity index (χ1n) is 7.72. The molecular weight excluding hydrogens is 282 g/mol. The van der Waals surface area contributed by atoms with E-state index in [0.717, 1.165) is 40.5 Å². The van der Waals surface area contributed by atoms with E-state index in [1.807, 2.05) is 36.5 Å². The van der Waals surface area contributed by atoms with Crippen molar-refractivity contribution in [3.05, 3.63) is 90.5 Å². The maximum Gasteiger partial charge on any atom is 0.113 e. The Morgan fingerprint density at radius 1 is 0.739 bits per heavy atom. The first-order valence-corrected chi connectivity index (χ1v) is 7.72. The lowest BCUT2D eigenvalue weighted by Crippen LogP contribution is -1.90. The van der Waals surface area contributed by atoms with Crippen LogP contribution in [0, 0.1) is 0 Å². The zero-order valence-electron chi connectivity index (χ0n) is 12.7. The first-order chi connectivity index (χ1) is 11.4. The molecule has 0 fully saturated rings. The third-order valence-electron chi connectivity index (χ3n) is 3.88. The van der Waals surface area contributed by atoms with Gasteiger partial charge in [0.25, 0.3) is 0 Å². The molecule has 4 aromatic rings. The minimum atomic E-state index is 0.764. The van der Waals surface area contributed by atoms with Gasteiger partial charge in [0.1, 0.15) is 5.82 Å². The lowest BCUT2D eigenvalue weighted by molar-refractivity contribution is 0.993. The SMILES string of the molecule is c1ccc(-c2nc(Cc3ccc[nH]3)[nH]c2-c2ccccc2)cc1. The summed E-state index contributed by atoms with van der Waals surface area (Å²) in [6, 6.07) is 24.7. The minimum Gasteiger partial charge on any atom is -0.365 e. The van der Waals surface area contributed by atoms with Crippen LogP contribution in [-0.4, -0.2) is 15.0 Å². The highest BCUT2D eigenvalue weighted by molar-refractivity contribution is 5.78. The smallest absolute Gasteiger partial charge is 0.113 e. The second kappa shape index (κ2) is 5.97. The van der Waals surface area contributed by atoms with Gasteiger partial charge in [-0.3, -0.25) is 0 Å². The molecule has 2 N–H and O–H groups in total. The van der Waals surface area contributed by atoms with Gasteiger partial charge < -0.3 is 9.97 Å². The number of aromatic amines is 2. The zero-order valence-corrected chi connectivity index (χ0v) is 12.7. The van der Waals surface area contributed by atoms with Crippen LogP contribution in [0.3, 0.4) is 0 Å². The van der Waals surface area contributed by atoms with Crippen LogP contribution in [0.5, 0.6) is 0 Å². The van der Waals surface area contributed by atoms with Crippen LogP contribution in [0.15, 0.2) is 79.0 Å². The molecule has 0 aliphatic heterocycles. The standard InChI is InChI=1S/C20H17N3/c1-3-8-15(9-4-1)19-20(16-10-5-2-6-11-16)23-18(22-19)14-17-12-7-13-21-17/h1-13,21H,14H2,(H,22,23). The molecule has 0 bridgehead atoms. The fourth-order valence-corrected chi connectivity index (χ4v) is 2.78. The number of H-pyrrole nitrogens is 2. The van der Waals surface area contributed by atoms with Gasteiger partial charge in [-0.15, -0.1) is 0 Å². The highest BCUT2D eigenvalue weighted by atomic mass is 14.9. The van der Waals surface area contributed by atoms with Crippen molar-refractivity contribution in [2.45, 2.75) is 6.42 Å². The molecule has 0 atom stereocenters. The monoisotopic (exact) mass is 299 g/mol. The summed E-state index contributed by atoms with van der Waals surface area (Å²) in [6.45, 7) is 0. The van der Waals surface area contributed by atoms with Crippen LogP contribution >= 0.6 is 0 Å². The molecule has 2 aromatic heterocycles. The normalized spacial score (nSPS) is 10.8. The topological polar surface area (TPSA) is 44.5 Å². The van der Waals surface area contributed by atoms with Gasteiger partial charge in [0.2, 0.25) is 0 Å². The van der Waals surface area contributed by atoms with E-state index in [1.54, 1.807) is 0 Å². The van der Waals surface area contributed by atoms with Gasteiger partial charge in [0, 0.05) is 29.4 Å². The predicted molar refractivity (Wildman–Crippen MR) is 93.1 cm³/mol. The summed E-state index contributed by atoms with van der Waals surface area (Å²) < 4.78 is 0. The average Bonchev–Trinajstić information content (AvgIpc) is 3.27.